The van der Waals surface area contributed by atoms with Gasteiger partial charge in [-0.2, -0.15) is 12.7 Å². The third-order valence-electron chi connectivity index (χ3n) is 8.88. The van der Waals surface area contributed by atoms with E-state index in [1.165, 1.54) is 25.4 Å². The van der Waals surface area contributed by atoms with E-state index in [-0.39, 0.29) is 36.4 Å². The molecule has 2 N–H and O–H groups in total. The maximum Gasteiger partial charge on any atom is 0.303 e. The highest BCUT2D eigenvalue weighted by molar-refractivity contribution is 7.87. The molecule has 47 heavy (non-hydrogen) atoms. The number of hydrogen-bond acceptors (Lipinski definition) is 7. The molecule has 2 aromatic carbocycles. The van der Waals surface area contributed by atoms with Crippen molar-refractivity contribution < 1.29 is 32.3 Å². The van der Waals surface area contributed by atoms with E-state index in [2.05, 4.69) is 14.6 Å². The number of amides is 3. The molecular formula is C34H43N5O7S. The molecule has 1 fully saturated rings. The van der Waals surface area contributed by atoms with E-state index in [1.807, 2.05) is 30.3 Å². The normalized spacial score (nSPS) is 15.0. The first-order valence-corrected chi connectivity index (χ1v) is 17.2. The molecule has 1 aliphatic heterocycles. The summed E-state index contributed by atoms with van der Waals surface area (Å²) >= 11 is 0. The second-order valence-corrected chi connectivity index (χ2v) is 14.1. The molecule has 1 aliphatic carbocycles. The molecule has 0 radical (unpaired) electrons. The monoisotopic (exact) mass is 665 g/mol. The molecule has 0 atom stereocenters. The Morgan fingerprint density at radius 3 is 2.43 bits per heavy atom. The lowest BCUT2D eigenvalue weighted by Crippen LogP contribution is -2.40. The molecule has 252 valence electrons. The third kappa shape index (κ3) is 7.21. The van der Waals surface area contributed by atoms with Gasteiger partial charge in [-0.3, -0.25) is 14.4 Å². The summed E-state index contributed by atoms with van der Waals surface area (Å²) in [5.74, 6) is -0.463. The minimum absolute atomic E-state index is 0.137. The molecule has 2 aliphatic rings. The Morgan fingerprint density at radius 2 is 1.74 bits per heavy atom. The number of hydrogen-bond donors (Lipinski definition) is 2. The maximum absolute atomic E-state index is 14.0. The van der Waals surface area contributed by atoms with Crippen LogP contribution in [0, 0.1) is 0 Å². The summed E-state index contributed by atoms with van der Waals surface area (Å²) in [7, 11) is 3.42. The van der Waals surface area contributed by atoms with Gasteiger partial charge in [-0.1, -0.05) is 25.3 Å². The SMILES string of the molecule is COCCNC(=O)CN(C)C(=O)C1=Cc2cc(OC)ccc2-c2c(C3CCCCC3)c3ccc(C(=O)NS(=O)(=O)N(C)C)cc3n2C1. The van der Waals surface area contributed by atoms with Gasteiger partial charge in [0.2, 0.25) is 5.91 Å². The van der Waals surface area contributed by atoms with Gasteiger partial charge < -0.3 is 24.3 Å². The highest BCUT2D eigenvalue weighted by atomic mass is 32.2. The molecular weight excluding hydrogens is 622 g/mol. The topological polar surface area (TPSA) is 139 Å². The second-order valence-electron chi connectivity index (χ2n) is 12.3. The number of nitrogens with zero attached hydrogens (tertiary/aromatic N) is 3. The Morgan fingerprint density at radius 1 is 1.00 bits per heavy atom. The van der Waals surface area contributed by atoms with Crippen LogP contribution in [0.4, 0.5) is 0 Å². The number of nitrogens with one attached hydrogen (secondary N) is 2. The largest absolute Gasteiger partial charge is 0.497 e. The lowest BCUT2D eigenvalue weighted by molar-refractivity contribution is -0.132. The zero-order valence-corrected chi connectivity index (χ0v) is 28.4. The van der Waals surface area contributed by atoms with Crippen molar-refractivity contribution in [2.45, 2.75) is 44.6 Å². The number of benzene rings is 2. The zero-order valence-electron chi connectivity index (χ0n) is 27.6. The minimum atomic E-state index is -4.01. The fraction of sp³-hybridized carbons (Fsp3) is 0.441. The van der Waals surface area contributed by atoms with Crippen molar-refractivity contribution in [1.82, 2.24) is 23.8 Å². The van der Waals surface area contributed by atoms with Crippen LogP contribution in [0.1, 0.15) is 59.5 Å². The zero-order chi connectivity index (χ0) is 33.9. The Bertz CT molecular complexity index is 1820. The number of carbonyl (C=O) groups excluding carboxylic acids is 3. The van der Waals surface area contributed by atoms with Crippen LogP contribution in [0.15, 0.2) is 42.0 Å². The van der Waals surface area contributed by atoms with Gasteiger partial charge in [0.1, 0.15) is 5.75 Å². The smallest absolute Gasteiger partial charge is 0.303 e. The highest BCUT2D eigenvalue weighted by Crippen LogP contribution is 2.47. The summed E-state index contributed by atoms with van der Waals surface area (Å²) in [5.41, 5.74) is 5.19. The van der Waals surface area contributed by atoms with Crippen molar-refractivity contribution in [1.29, 1.82) is 0 Å². The quantitative estimate of drug-likeness (QED) is 0.299. The summed E-state index contributed by atoms with van der Waals surface area (Å²) in [6.07, 6.45) is 7.27. The van der Waals surface area contributed by atoms with Crippen molar-refractivity contribution in [3.63, 3.8) is 0 Å². The van der Waals surface area contributed by atoms with Crippen LogP contribution in [0.2, 0.25) is 0 Å². The lowest BCUT2D eigenvalue weighted by Gasteiger charge is -2.24. The predicted octanol–water partition coefficient (Wildman–Crippen LogP) is 3.52. The van der Waals surface area contributed by atoms with Crippen LogP contribution in [0.3, 0.4) is 0 Å². The van der Waals surface area contributed by atoms with Crippen LogP contribution in [-0.4, -0.2) is 95.0 Å². The number of carbonyl (C=O) groups is 3. The molecule has 0 saturated heterocycles. The Balaban J connectivity index is 1.66. The molecule has 13 heteroatoms. The van der Waals surface area contributed by atoms with Crippen LogP contribution in [0.5, 0.6) is 5.75 Å². The summed E-state index contributed by atoms with van der Waals surface area (Å²) in [6.45, 7) is 0.732. The molecule has 0 spiro atoms. The summed E-state index contributed by atoms with van der Waals surface area (Å²) in [6, 6.07) is 11.1. The number of fused-ring (bicyclic) bond motifs is 5. The fourth-order valence-corrected chi connectivity index (χ4v) is 7.00. The summed E-state index contributed by atoms with van der Waals surface area (Å²) in [5, 5.41) is 3.71. The van der Waals surface area contributed by atoms with Crippen LogP contribution >= 0.6 is 0 Å². The van der Waals surface area contributed by atoms with Crippen LogP contribution in [-0.2, 0) is 31.1 Å². The first kappa shape index (κ1) is 34.1. The standard InChI is InChI=1S/C34H43N5O7S/c1-37(2)47(43,44)36-33(41)23-11-13-28-29(19-23)39-20-25(34(42)38(3)21-30(40)35-15-16-45-4)17-24-18-26(46-5)12-14-27(24)32(39)31(28)22-9-7-6-8-10-22/h11-14,17-19,22H,6-10,15-16,20-21H2,1-5H3,(H,35,40)(H,36,41). The second kappa shape index (κ2) is 14.3. The molecule has 3 amide bonds. The molecule has 5 rings (SSSR count). The molecule has 12 nitrogen and oxygen atoms in total. The van der Waals surface area contributed by atoms with Gasteiger partial charge in [-0.15, -0.1) is 0 Å². The van der Waals surface area contributed by atoms with Gasteiger partial charge in [0.25, 0.3) is 11.8 Å². The van der Waals surface area contributed by atoms with Gasteiger partial charge in [0, 0.05) is 62.4 Å². The first-order valence-electron chi connectivity index (χ1n) is 15.8. The van der Waals surface area contributed by atoms with E-state index in [9.17, 15) is 22.8 Å². The van der Waals surface area contributed by atoms with E-state index >= 15 is 0 Å². The average molecular weight is 666 g/mol. The Kier molecular flexibility index (Phi) is 10.4. The molecule has 1 saturated carbocycles. The van der Waals surface area contributed by atoms with Gasteiger partial charge in [0.05, 0.1) is 32.5 Å². The molecule has 0 unspecified atom stereocenters. The lowest BCUT2D eigenvalue weighted by atomic mass is 9.81. The molecule has 2 heterocycles. The van der Waals surface area contributed by atoms with E-state index in [4.69, 9.17) is 9.47 Å². The van der Waals surface area contributed by atoms with E-state index in [0.29, 0.717) is 24.5 Å². The fourth-order valence-electron chi connectivity index (χ4n) is 6.46. The number of ether oxygens (including phenoxy) is 2. The number of rotatable bonds is 11. The third-order valence-corrected chi connectivity index (χ3v) is 10.3. The van der Waals surface area contributed by atoms with E-state index in [0.717, 1.165) is 63.3 Å². The van der Waals surface area contributed by atoms with Gasteiger partial charge in [-0.25, -0.2) is 4.72 Å². The van der Waals surface area contributed by atoms with E-state index < -0.39 is 16.1 Å². The van der Waals surface area contributed by atoms with Crippen LogP contribution < -0.4 is 14.8 Å². The van der Waals surface area contributed by atoms with Crippen molar-refractivity contribution in [2.75, 3.05) is 55.1 Å². The Hall–Kier alpha value is -4.20. The van der Waals surface area contributed by atoms with Crippen molar-refractivity contribution >= 4 is 44.9 Å². The van der Waals surface area contributed by atoms with E-state index in [1.54, 1.807) is 33.4 Å². The van der Waals surface area contributed by atoms with Gasteiger partial charge >= 0.3 is 10.2 Å². The summed E-state index contributed by atoms with van der Waals surface area (Å²) in [4.78, 5) is 41.2. The number of likely N-dealkylation sites (N-methyl/N-ethyl adjacent to an activating group) is 1. The highest BCUT2D eigenvalue weighted by Gasteiger charge is 2.31. The van der Waals surface area contributed by atoms with Crippen LogP contribution in [0.25, 0.3) is 28.2 Å². The first-order chi connectivity index (χ1) is 22.4. The van der Waals surface area contributed by atoms with Crippen molar-refractivity contribution in [3.8, 4) is 17.0 Å². The van der Waals surface area contributed by atoms with Crippen molar-refractivity contribution in [2.24, 2.45) is 0 Å². The van der Waals surface area contributed by atoms with Crippen molar-refractivity contribution in [3.05, 3.63) is 58.7 Å². The number of methoxy groups -OCH3 is 2. The minimum Gasteiger partial charge on any atom is -0.497 e. The molecule has 1 aromatic heterocycles. The Labute approximate surface area is 275 Å². The maximum atomic E-state index is 14.0. The number of aromatic nitrogens is 1. The molecule has 3 aromatic rings. The predicted molar refractivity (Wildman–Crippen MR) is 180 cm³/mol. The van der Waals surface area contributed by atoms with Gasteiger partial charge in [-0.05, 0) is 66.3 Å². The molecule has 0 bridgehead atoms. The average Bonchev–Trinajstić information content (AvgIpc) is 3.26. The van der Waals surface area contributed by atoms with Gasteiger partial charge in [0.15, 0.2) is 0 Å². The summed E-state index contributed by atoms with van der Waals surface area (Å²) < 4.78 is 40.7.